The van der Waals surface area contributed by atoms with Crippen LogP contribution in [0.15, 0.2) is 42.5 Å². The van der Waals surface area contributed by atoms with E-state index in [0.29, 0.717) is 6.54 Å². The van der Waals surface area contributed by atoms with Gasteiger partial charge >= 0.3 is 6.09 Å². The molecule has 0 fully saturated rings. The van der Waals surface area contributed by atoms with E-state index < -0.39 is 23.8 Å². The molecule has 0 aliphatic carbocycles. The number of nitrogens with zero attached hydrogens (tertiary/aromatic N) is 1. The van der Waals surface area contributed by atoms with E-state index in [1.807, 2.05) is 56.3 Å². The zero-order chi connectivity index (χ0) is 29.9. The second kappa shape index (κ2) is 15.4. The van der Waals surface area contributed by atoms with Crippen molar-refractivity contribution in [1.82, 2.24) is 10.2 Å². The molecule has 7 nitrogen and oxygen atoms in total. The Morgan fingerprint density at radius 3 is 2.05 bits per heavy atom. The molecule has 2 rings (SSSR count). The Labute approximate surface area is 241 Å². The Morgan fingerprint density at radius 1 is 0.900 bits per heavy atom. The number of nitrogens with one attached hydrogen (secondary N) is 2. The first-order valence-corrected chi connectivity index (χ1v) is 14.6. The van der Waals surface area contributed by atoms with Crippen molar-refractivity contribution in [2.75, 3.05) is 11.9 Å². The average molecular weight is 552 g/mol. The molecular weight excluding hydrogens is 502 g/mol. The quantitative estimate of drug-likeness (QED) is 0.257. The summed E-state index contributed by atoms with van der Waals surface area (Å²) in [6.45, 7) is 15.5. The predicted molar refractivity (Wildman–Crippen MR) is 162 cm³/mol. The maximum atomic E-state index is 14.1. The molecule has 0 saturated heterocycles. The molecule has 3 amide bonds. The van der Waals surface area contributed by atoms with Gasteiger partial charge in [0.05, 0.1) is 0 Å². The fourth-order valence-electron chi connectivity index (χ4n) is 4.66. The standard InChI is InChI=1S/C33H49N3O4/c1-9-11-12-13-14-22-36(31(38)25(5)34-32(39)40-33(6,7)8)29(27-20-18-26(10-2)19-21-27)30(37)35-28-23(3)16-15-17-24(28)4/h15-21,25,29H,9-14,22H2,1-8H3,(H,34,39)(H,35,37). The third-order valence-electron chi connectivity index (χ3n) is 6.88. The first kappa shape index (κ1) is 32.9. The molecule has 0 bridgehead atoms. The average Bonchev–Trinajstić information content (AvgIpc) is 2.88. The number of para-hydroxylation sites is 1. The van der Waals surface area contributed by atoms with E-state index in [-0.39, 0.29) is 11.8 Å². The van der Waals surface area contributed by atoms with Crippen LogP contribution in [-0.4, -0.2) is 41.0 Å². The van der Waals surface area contributed by atoms with Crippen molar-refractivity contribution in [3.05, 3.63) is 64.7 Å². The smallest absolute Gasteiger partial charge is 0.408 e. The van der Waals surface area contributed by atoms with Crippen molar-refractivity contribution >= 4 is 23.6 Å². The van der Waals surface area contributed by atoms with E-state index in [4.69, 9.17) is 4.74 Å². The van der Waals surface area contributed by atoms with Gasteiger partial charge in [-0.3, -0.25) is 9.59 Å². The lowest BCUT2D eigenvalue weighted by molar-refractivity contribution is -0.140. The van der Waals surface area contributed by atoms with Gasteiger partial charge < -0.3 is 20.3 Å². The van der Waals surface area contributed by atoms with Crippen molar-refractivity contribution in [3.63, 3.8) is 0 Å². The maximum absolute atomic E-state index is 14.1. The van der Waals surface area contributed by atoms with Crippen LogP contribution >= 0.6 is 0 Å². The molecular formula is C33H49N3O4. The molecule has 0 aliphatic heterocycles. The molecule has 40 heavy (non-hydrogen) atoms. The summed E-state index contributed by atoms with van der Waals surface area (Å²) in [7, 11) is 0. The zero-order valence-electron chi connectivity index (χ0n) is 25.7. The number of rotatable bonds is 13. The van der Waals surface area contributed by atoms with Gasteiger partial charge in [0, 0.05) is 12.2 Å². The summed E-state index contributed by atoms with van der Waals surface area (Å²) in [6, 6.07) is 12.0. The van der Waals surface area contributed by atoms with Crippen LogP contribution in [0.25, 0.3) is 0 Å². The summed E-state index contributed by atoms with van der Waals surface area (Å²) in [4.78, 5) is 42.2. The lowest BCUT2D eigenvalue weighted by atomic mass is 9.99. The van der Waals surface area contributed by atoms with Crippen LogP contribution in [0.1, 0.15) is 102 Å². The highest BCUT2D eigenvalue weighted by atomic mass is 16.6. The topological polar surface area (TPSA) is 87.7 Å². The monoisotopic (exact) mass is 551 g/mol. The van der Waals surface area contributed by atoms with Crippen molar-refractivity contribution in [2.45, 2.75) is 112 Å². The van der Waals surface area contributed by atoms with E-state index in [9.17, 15) is 14.4 Å². The van der Waals surface area contributed by atoms with E-state index in [1.165, 1.54) is 0 Å². The fourth-order valence-corrected chi connectivity index (χ4v) is 4.66. The van der Waals surface area contributed by atoms with Crippen LogP contribution in [0, 0.1) is 13.8 Å². The summed E-state index contributed by atoms with van der Waals surface area (Å²) in [5, 5.41) is 5.79. The molecule has 0 spiro atoms. The fraction of sp³-hybridized carbons (Fsp3) is 0.545. The van der Waals surface area contributed by atoms with Gasteiger partial charge in [0.2, 0.25) is 5.91 Å². The molecule has 220 valence electrons. The van der Waals surface area contributed by atoms with Crippen molar-refractivity contribution in [1.29, 1.82) is 0 Å². The van der Waals surface area contributed by atoms with Crippen LogP contribution in [0.2, 0.25) is 0 Å². The van der Waals surface area contributed by atoms with Gasteiger partial charge in [-0.15, -0.1) is 0 Å². The van der Waals surface area contributed by atoms with E-state index in [1.54, 1.807) is 32.6 Å². The lowest BCUT2D eigenvalue weighted by Gasteiger charge is -2.34. The van der Waals surface area contributed by atoms with Gasteiger partial charge in [-0.1, -0.05) is 82.0 Å². The highest BCUT2D eigenvalue weighted by Crippen LogP contribution is 2.28. The number of benzene rings is 2. The number of aryl methyl sites for hydroxylation is 3. The summed E-state index contributed by atoms with van der Waals surface area (Å²) < 4.78 is 5.39. The first-order valence-electron chi connectivity index (χ1n) is 14.6. The van der Waals surface area contributed by atoms with E-state index >= 15 is 0 Å². The minimum absolute atomic E-state index is 0.284. The van der Waals surface area contributed by atoms with Crippen LogP contribution < -0.4 is 10.6 Å². The highest BCUT2D eigenvalue weighted by Gasteiger charge is 2.35. The molecule has 2 N–H and O–H groups in total. The molecule has 2 atom stereocenters. The van der Waals surface area contributed by atoms with Gasteiger partial charge in [0.15, 0.2) is 0 Å². The number of ether oxygens (including phenoxy) is 1. The molecule has 0 radical (unpaired) electrons. The molecule has 0 saturated carbocycles. The first-order chi connectivity index (χ1) is 18.9. The van der Waals surface area contributed by atoms with Crippen LogP contribution in [0.4, 0.5) is 10.5 Å². The highest BCUT2D eigenvalue weighted by molar-refractivity contribution is 5.99. The van der Waals surface area contributed by atoms with Gasteiger partial charge in [-0.2, -0.15) is 0 Å². The number of hydrogen-bond acceptors (Lipinski definition) is 4. The number of carbonyl (C=O) groups is 3. The molecule has 0 heterocycles. The minimum atomic E-state index is -0.879. The molecule has 2 aromatic carbocycles. The number of carbonyl (C=O) groups excluding carboxylic acids is 3. The summed E-state index contributed by atoms with van der Waals surface area (Å²) in [5.41, 5.74) is 3.83. The van der Waals surface area contributed by atoms with Crippen LogP contribution in [0.3, 0.4) is 0 Å². The zero-order valence-corrected chi connectivity index (χ0v) is 25.7. The largest absolute Gasteiger partial charge is 0.444 e. The van der Waals surface area contributed by atoms with Gasteiger partial charge in [-0.25, -0.2) is 4.79 Å². The normalized spacial score (nSPS) is 12.8. The number of unbranched alkanes of at least 4 members (excludes halogenated alkanes) is 4. The molecule has 0 aliphatic rings. The third kappa shape index (κ3) is 10.00. The van der Waals surface area contributed by atoms with Crippen molar-refractivity contribution < 1.29 is 19.1 Å². The Bertz CT molecular complexity index is 1100. The number of amides is 3. The molecule has 2 unspecified atom stereocenters. The Hall–Kier alpha value is -3.35. The predicted octanol–water partition coefficient (Wildman–Crippen LogP) is 7.26. The lowest BCUT2D eigenvalue weighted by Crippen LogP contribution is -2.51. The van der Waals surface area contributed by atoms with E-state index in [0.717, 1.165) is 66.5 Å². The molecule has 0 aromatic heterocycles. The van der Waals surface area contributed by atoms with Gasteiger partial charge in [-0.05, 0) is 76.6 Å². The minimum Gasteiger partial charge on any atom is -0.444 e. The van der Waals surface area contributed by atoms with Crippen LogP contribution in [-0.2, 0) is 20.7 Å². The summed E-state index contributed by atoms with van der Waals surface area (Å²) in [6.07, 6.45) is 5.21. The Kier molecular flexibility index (Phi) is 12.7. The van der Waals surface area contributed by atoms with Gasteiger partial charge in [0.1, 0.15) is 17.7 Å². The van der Waals surface area contributed by atoms with E-state index in [2.05, 4.69) is 24.5 Å². The van der Waals surface area contributed by atoms with Crippen molar-refractivity contribution in [2.24, 2.45) is 0 Å². The number of anilines is 1. The molecule has 7 heteroatoms. The van der Waals surface area contributed by atoms with Crippen molar-refractivity contribution in [3.8, 4) is 0 Å². The SMILES string of the molecule is CCCCCCCN(C(=O)C(C)NC(=O)OC(C)(C)C)C(C(=O)Nc1c(C)cccc1C)c1ccc(CC)cc1. The number of hydrogen-bond donors (Lipinski definition) is 2. The second-order valence-corrected chi connectivity index (χ2v) is 11.6. The van der Waals surface area contributed by atoms with Gasteiger partial charge in [0.25, 0.3) is 5.91 Å². The Balaban J connectivity index is 2.47. The molecule has 2 aromatic rings. The maximum Gasteiger partial charge on any atom is 0.408 e. The second-order valence-electron chi connectivity index (χ2n) is 11.6. The summed E-state index contributed by atoms with van der Waals surface area (Å²) in [5.74, 6) is -0.615. The summed E-state index contributed by atoms with van der Waals surface area (Å²) >= 11 is 0. The Morgan fingerprint density at radius 2 is 1.50 bits per heavy atom. The third-order valence-corrected chi connectivity index (χ3v) is 6.88. The van der Waals surface area contributed by atoms with Crippen LogP contribution in [0.5, 0.6) is 0 Å². The number of alkyl carbamates (subject to hydrolysis) is 1.